The van der Waals surface area contributed by atoms with Gasteiger partial charge in [0.25, 0.3) is 0 Å². The molecule has 3 rings (SSSR count). The second-order valence-corrected chi connectivity index (χ2v) is 5.56. The van der Waals surface area contributed by atoms with Crippen molar-refractivity contribution in [2.45, 2.75) is 31.3 Å². The van der Waals surface area contributed by atoms with Crippen molar-refractivity contribution in [3.8, 4) is 5.75 Å². The first-order valence-corrected chi connectivity index (χ1v) is 7.24. The number of aliphatic hydroxyl groups is 1. The molecule has 0 aromatic heterocycles. The van der Waals surface area contributed by atoms with Crippen LogP contribution in [-0.4, -0.2) is 24.4 Å². The van der Waals surface area contributed by atoms with Crippen molar-refractivity contribution in [1.82, 2.24) is 5.32 Å². The van der Waals surface area contributed by atoms with Crippen LogP contribution in [0.5, 0.6) is 5.75 Å². The molecule has 108 valence electrons. The lowest BCUT2D eigenvalue weighted by Crippen LogP contribution is -2.31. The zero-order valence-corrected chi connectivity index (χ0v) is 11.4. The van der Waals surface area contributed by atoms with Crippen molar-refractivity contribution >= 4 is 0 Å². The molecule has 4 heteroatoms. The minimum atomic E-state index is -0.226. The summed E-state index contributed by atoms with van der Waals surface area (Å²) in [7, 11) is 0. The van der Waals surface area contributed by atoms with Crippen molar-refractivity contribution in [3.63, 3.8) is 0 Å². The minimum Gasteiger partial charge on any atom is -0.493 e. The Labute approximate surface area is 118 Å². The third-order valence-corrected chi connectivity index (χ3v) is 4.06. The molecule has 0 unspecified atom stereocenters. The summed E-state index contributed by atoms with van der Waals surface area (Å²) in [4.78, 5) is 0. The van der Waals surface area contributed by atoms with E-state index in [-0.39, 0.29) is 30.4 Å². The molecule has 20 heavy (non-hydrogen) atoms. The molecule has 0 saturated carbocycles. The molecule has 0 bridgehead atoms. The highest BCUT2D eigenvalue weighted by atomic mass is 19.1. The summed E-state index contributed by atoms with van der Waals surface area (Å²) >= 11 is 0. The first-order chi connectivity index (χ1) is 9.76. The molecule has 1 aliphatic heterocycles. The third kappa shape index (κ3) is 2.86. The Bertz CT molecular complexity index is 503. The van der Waals surface area contributed by atoms with E-state index in [1.807, 2.05) is 0 Å². The summed E-state index contributed by atoms with van der Waals surface area (Å²) in [6.07, 6.45) is 6.94. The minimum absolute atomic E-state index is 0.107. The second kappa shape index (κ2) is 5.94. The summed E-state index contributed by atoms with van der Waals surface area (Å²) < 4.78 is 19.2. The number of benzene rings is 1. The van der Waals surface area contributed by atoms with E-state index in [1.165, 1.54) is 6.07 Å². The number of aliphatic hydroxyl groups excluding tert-OH is 1. The molecule has 3 nitrogen and oxygen atoms in total. The van der Waals surface area contributed by atoms with Gasteiger partial charge in [-0.1, -0.05) is 12.2 Å². The number of hydrogen-bond donors (Lipinski definition) is 2. The van der Waals surface area contributed by atoms with E-state index >= 15 is 0 Å². The smallest absolute Gasteiger partial charge is 0.124 e. The number of nitrogens with one attached hydrogen (secondary N) is 1. The van der Waals surface area contributed by atoms with Crippen LogP contribution in [-0.2, 0) is 0 Å². The highest BCUT2D eigenvalue weighted by Crippen LogP contribution is 2.33. The van der Waals surface area contributed by atoms with Gasteiger partial charge in [0.2, 0.25) is 0 Å². The normalized spacial score (nSPS) is 28.8. The molecular formula is C16H20FNO2. The van der Waals surface area contributed by atoms with Crippen LogP contribution in [0.1, 0.15) is 30.9 Å². The molecule has 0 amide bonds. The first-order valence-electron chi connectivity index (χ1n) is 7.24. The summed E-state index contributed by atoms with van der Waals surface area (Å²) in [5.41, 5.74) is 0.906. The van der Waals surface area contributed by atoms with Crippen LogP contribution in [0.4, 0.5) is 4.39 Å². The van der Waals surface area contributed by atoms with Gasteiger partial charge < -0.3 is 15.2 Å². The maximum Gasteiger partial charge on any atom is 0.124 e. The van der Waals surface area contributed by atoms with Gasteiger partial charge >= 0.3 is 0 Å². The van der Waals surface area contributed by atoms with Crippen LogP contribution < -0.4 is 10.1 Å². The van der Waals surface area contributed by atoms with Crippen molar-refractivity contribution in [2.75, 3.05) is 13.2 Å². The quantitative estimate of drug-likeness (QED) is 0.834. The fourth-order valence-corrected chi connectivity index (χ4v) is 3.01. The Morgan fingerprint density at radius 1 is 1.35 bits per heavy atom. The van der Waals surface area contributed by atoms with Crippen LogP contribution in [0.2, 0.25) is 0 Å². The van der Waals surface area contributed by atoms with E-state index in [0.717, 1.165) is 30.6 Å². The Hall–Kier alpha value is -1.39. The van der Waals surface area contributed by atoms with Crippen molar-refractivity contribution in [1.29, 1.82) is 0 Å². The summed E-state index contributed by atoms with van der Waals surface area (Å²) in [6, 6.07) is 5.08. The molecule has 1 heterocycles. The predicted octanol–water partition coefficient (Wildman–Crippen LogP) is 2.57. The van der Waals surface area contributed by atoms with E-state index in [9.17, 15) is 9.50 Å². The zero-order chi connectivity index (χ0) is 13.9. The SMILES string of the molecule is OC[C@H]1C=C[C@@H](N[C@@H]2CCCOc3ccc(F)cc32)C1. The first kappa shape index (κ1) is 13.6. The largest absolute Gasteiger partial charge is 0.493 e. The number of rotatable bonds is 3. The Kier molecular flexibility index (Phi) is 4.03. The molecule has 2 aliphatic rings. The molecule has 0 saturated heterocycles. The second-order valence-electron chi connectivity index (χ2n) is 5.56. The van der Waals surface area contributed by atoms with E-state index in [2.05, 4.69) is 17.5 Å². The molecule has 1 aliphatic carbocycles. The van der Waals surface area contributed by atoms with Gasteiger partial charge in [-0.15, -0.1) is 0 Å². The van der Waals surface area contributed by atoms with Crippen molar-refractivity contribution in [3.05, 3.63) is 41.7 Å². The van der Waals surface area contributed by atoms with Crippen molar-refractivity contribution < 1.29 is 14.2 Å². The Morgan fingerprint density at radius 3 is 3.05 bits per heavy atom. The zero-order valence-electron chi connectivity index (χ0n) is 11.4. The molecule has 0 radical (unpaired) electrons. The van der Waals surface area contributed by atoms with E-state index in [4.69, 9.17) is 4.74 Å². The lowest BCUT2D eigenvalue weighted by atomic mass is 10.00. The Balaban J connectivity index is 1.77. The number of ether oxygens (including phenoxy) is 1. The van der Waals surface area contributed by atoms with Gasteiger partial charge in [0.05, 0.1) is 6.61 Å². The summed E-state index contributed by atoms with van der Waals surface area (Å²) in [5.74, 6) is 0.792. The fraction of sp³-hybridized carbons (Fsp3) is 0.500. The topological polar surface area (TPSA) is 41.5 Å². The van der Waals surface area contributed by atoms with Crippen molar-refractivity contribution in [2.24, 2.45) is 5.92 Å². The van der Waals surface area contributed by atoms with E-state index in [1.54, 1.807) is 12.1 Å². The summed E-state index contributed by atoms with van der Waals surface area (Å²) in [5, 5.41) is 12.7. The van der Waals surface area contributed by atoms with Gasteiger partial charge in [0.1, 0.15) is 11.6 Å². The maximum atomic E-state index is 13.5. The fourth-order valence-electron chi connectivity index (χ4n) is 3.01. The van der Waals surface area contributed by atoms with Gasteiger partial charge in [-0.05, 0) is 37.5 Å². The molecule has 2 N–H and O–H groups in total. The number of halogens is 1. The van der Waals surface area contributed by atoms with Crippen LogP contribution in [0, 0.1) is 11.7 Å². The van der Waals surface area contributed by atoms with Gasteiger partial charge in [0, 0.05) is 30.2 Å². The lowest BCUT2D eigenvalue weighted by molar-refractivity contribution is 0.244. The average Bonchev–Trinajstić information content (AvgIpc) is 2.82. The molecule has 0 spiro atoms. The maximum absolute atomic E-state index is 13.5. The van der Waals surface area contributed by atoms with E-state index < -0.39 is 0 Å². The van der Waals surface area contributed by atoms with Crippen LogP contribution in [0.15, 0.2) is 30.4 Å². The van der Waals surface area contributed by atoms with Gasteiger partial charge in [-0.3, -0.25) is 0 Å². The average molecular weight is 277 g/mol. The van der Waals surface area contributed by atoms with E-state index in [0.29, 0.717) is 6.61 Å². The highest BCUT2D eigenvalue weighted by Gasteiger charge is 2.25. The summed E-state index contributed by atoms with van der Waals surface area (Å²) in [6.45, 7) is 0.865. The molecule has 0 fully saturated rings. The third-order valence-electron chi connectivity index (χ3n) is 4.06. The molecule has 1 aromatic rings. The van der Waals surface area contributed by atoms with Gasteiger partial charge in [-0.2, -0.15) is 0 Å². The highest BCUT2D eigenvalue weighted by molar-refractivity contribution is 5.37. The monoisotopic (exact) mass is 277 g/mol. The molecular weight excluding hydrogens is 257 g/mol. The van der Waals surface area contributed by atoms with Crippen LogP contribution in [0.25, 0.3) is 0 Å². The number of hydrogen-bond acceptors (Lipinski definition) is 3. The standard InChI is InChI=1S/C16H20FNO2/c17-12-4-6-16-14(9-12)15(2-1-7-20-16)18-13-5-3-11(8-13)10-19/h3-6,9,11,13,15,18-19H,1-2,7-8,10H2/t11-,13+,15+/m0/s1. The van der Waals surface area contributed by atoms with Gasteiger partial charge in [-0.25, -0.2) is 4.39 Å². The van der Waals surface area contributed by atoms with Gasteiger partial charge in [0.15, 0.2) is 0 Å². The molecule has 1 aromatic carbocycles. The predicted molar refractivity (Wildman–Crippen MR) is 75.1 cm³/mol. The van der Waals surface area contributed by atoms with Crippen LogP contribution in [0.3, 0.4) is 0 Å². The Morgan fingerprint density at radius 2 is 2.25 bits per heavy atom. The molecule has 3 atom stereocenters. The number of fused-ring (bicyclic) bond motifs is 1. The van der Waals surface area contributed by atoms with Crippen LogP contribution >= 0.6 is 0 Å². The lowest BCUT2D eigenvalue weighted by Gasteiger charge is -2.22.